The summed E-state index contributed by atoms with van der Waals surface area (Å²) in [6, 6.07) is -0.787. The van der Waals surface area contributed by atoms with Crippen LogP contribution in [0.2, 0.25) is 0 Å². The summed E-state index contributed by atoms with van der Waals surface area (Å²) in [6.45, 7) is 3.67. The largest absolute Gasteiger partial charge is 0.481 e. The van der Waals surface area contributed by atoms with Gasteiger partial charge < -0.3 is 20.7 Å². The number of carbonyl (C=O) groups excluding carboxylic acids is 1. The van der Waals surface area contributed by atoms with E-state index >= 15 is 0 Å². The molecule has 0 aliphatic carbocycles. The zero-order valence-corrected chi connectivity index (χ0v) is 10.4. The molecule has 2 amide bonds. The van der Waals surface area contributed by atoms with Gasteiger partial charge in [-0.15, -0.1) is 0 Å². The predicted octanol–water partition coefficient (Wildman–Crippen LogP) is 0.361. The molecule has 2 unspecified atom stereocenters. The molecule has 1 aromatic rings. The first-order valence-electron chi connectivity index (χ1n) is 5.75. The van der Waals surface area contributed by atoms with Gasteiger partial charge in [0, 0.05) is 30.9 Å². The molecule has 0 saturated carbocycles. The summed E-state index contributed by atoms with van der Waals surface area (Å²) < 4.78 is 0. The Morgan fingerprint density at radius 1 is 1.50 bits per heavy atom. The fraction of sp³-hybridized carbons (Fsp3) is 0.545. The van der Waals surface area contributed by atoms with Crippen LogP contribution in [-0.2, 0) is 11.2 Å². The molecule has 0 radical (unpaired) electrons. The van der Waals surface area contributed by atoms with Crippen molar-refractivity contribution in [3.8, 4) is 0 Å². The molecule has 7 heteroatoms. The van der Waals surface area contributed by atoms with E-state index in [1.165, 1.54) is 0 Å². The van der Waals surface area contributed by atoms with Crippen molar-refractivity contribution >= 4 is 12.0 Å². The minimum Gasteiger partial charge on any atom is -0.481 e. The maximum absolute atomic E-state index is 11.5. The molecular formula is C11H18N4O3. The van der Waals surface area contributed by atoms with E-state index in [4.69, 9.17) is 5.11 Å². The number of amides is 2. The highest BCUT2D eigenvalue weighted by molar-refractivity contribution is 5.76. The highest BCUT2D eigenvalue weighted by atomic mass is 16.4. The number of carboxylic acids is 1. The molecule has 0 spiro atoms. The van der Waals surface area contributed by atoms with E-state index in [1.807, 2.05) is 0 Å². The Kier molecular flexibility index (Phi) is 5.16. The molecule has 0 fully saturated rings. The van der Waals surface area contributed by atoms with Gasteiger partial charge in [-0.25, -0.2) is 9.78 Å². The molecular weight excluding hydrogens is 236 g/mol. The Bertz CT molecular complexity index is 391. The quantitative estimate of drug-likeness (QED) is 0.588. The van der Waals surface area contributed by atoms with Crippen LogP contribution in [0.15, 0.2) is 12.5 Å². The Balaban J connectivity index is 2.23. The van der Waals surface area contributed by atoms with Crippen molar-refractivity contribution < 1.29 is 14.7 Å². The number of carbonyl (C=O) groups is 2. The van der Waals surface area contributed by atoms with Gasteiger partial charge in [-0.3, -0.25) is 4.79 Å². The molecule has 1 rings (SSSR count). The number of nitrogens with one attached hydrogen (secondary N) is 3. The SMILES string of the molecule is CC(NC(=O)NCCc1cnc[nH]1)C(C)C(=O)O. The van der Waals surface area contributed by atoms with Crippen LogP contribution in [0, 0.1) is 5.92 Å². The first kappa shape index (κ1) is 14.0. The first-order chi connectivity index (χ1) is 8.50. The number of aromatic nitrogens is 2. The van der Waals surface area contributed by atoms with Crippen molar-refractivity contribution in [1.29, 1.82) is 0 Å². The van der Waals surface area contributed by atoms with Gasteiger partial charge in [0.15, 0.2) is 0 Å². The van der Waals surface area contributed by atoms with Gasteiger partial charge >= 0.3 is 12.0 Å². The second-order valence-corrected chi connectivity index (χ2v) is 4.14. The number of aliphatic carboxylic acids is 1. The first-order valence-corrected chi connectivity index (χ1v) is 5.75. The number of nitrogens with zero attached hydrogens (tertiary/aromatic N) is 1. The Hall–Kier alpha value is -2.05. The summed E-state index contributed by atoms with van der Waals surface area (Å²) in [4.78, 5) is 29.0. The standard InChI is InChI=1S/C11H18N4O3/c1-7(10(16)17)8(2)15-11(18)13-4-3-9-5-12-6-14-9/h5-8H,3-4H2,1-2H3,(H,12,14)(H,16,17)(H2,13,15,18). The van der Waals surface area contributed by atoms with Crippen molar-refractivity contribution in [1.82, 2.24) is 20.6 Å². The summed E-state index contributed by atoms with van der Waals surface area (Å²) in [5, 5.41) is 14.0. The van der Waals surface area contributed by atoms with Gasteiger partial charge in [0.25, 0.3) is 0 Å². The minimum atomic E-state index is -0.930. The molecule has 0 aliphatic rings. The normalized spacial score (nSPS) is 13.7. The van der Waals surface area contributed by atoms with Gasteiger partial charge in [0.05, 0.1) is 12.2 Å². The highest BCUT2D eigenvalue weighted by Gasteiger charge is 2.20. The number of hydrogen-bond donors (Lipinski definition) is 4. The second kappa shape index (κ2) is 6.63. The van der Waals surface area contributed by atoms with Crippen LogP contribution in [0.25, 0.3) is 0 Å². The third-order valence-electron chi connectivity index (χ3n) is 2.73. The van der Waals surface area contributed by atoms with Crippen molar-refractivity contribution in [2.75, 3.05) is 6.54 Å². The Morgan fingerprint density at radius 3 is 2.78 bits per heavy atom. The molecule has 4 N–H and O–H groups in total. The number of imidazole rings is 1. The van der Waals surface area contributed by atoms with E-state index in [-0.39, 0.29) is 6.03 Å². The van der Waals surface area contributed by atoms with Crippen LogP contribution in [0.4, 0.5) is 4.79 Å². The van der Waals surface area contributed by atoms with Crippen LogP contribution in [-0.4, -0.2) is 39.7 Å². The van der Waals surface area contributed by atoms with Crippen molar-refractivity contribution in [2.24, 2.45) is 5.92 Å². The van der Waals surface area contributed by atoms with Crippen LogP contribution in [0.3, 0.4) is 0 Å². The molecule has 1 heterocycles. The number of aromatic amines is 1. The Morgan fingerprint density at radius 2 is 2.22 bits per heavy atom. The average molecular weight is 254 g/mol. The topological polar surface area (TPSA) is 107 Å². The van der Waals surface area contributed by atoms with E-state index < -0.39 is 17.9 Å². The van der Waals surface area contributed by atoms with E-state index in [0.29, 0.717) is 13.0 Å². The molecule has 0 bridgehead atoms. The van der Waals surface area contributed by atoms with E-state index in [9.17, 15) is 9.59 Å². The second-order valence-electron chi connectivity index (χ2n) is 4.14. The number of urea groups is 1. The van der Waals surface area contributed by atoms with Crippen molar-refractivity contribution in [3.05, 3.63) is 18.2 Å². The maximum Gasteiger partial charge on any atom is 0.315 e. The molecule has 100 valence electrons. The lowest BCUT2D eigenvalue weighted by Crippen LogP contribution is -2.45. The molecule has 18 heavy (non-hydrogen) atoms. The van der Waals surface area contributed by atoms with Gasteiger partial charge in [0.1, 0.15) is 0 Å². The van der Waals surface area contributed by atoms with Crippen LogP contribution in [0.5, 0.6) is 0 Å². The zero-order chi connectivity index (χ0) is 13.5. The number of hydrogen-bond acceptors (Lipinski definition) is 3. The summed E-state index contributed by atoms with van der Waals surface area (Å²) in [5.74, 6) is -1.55. The minimum absolute atomic E-state index is 0.366. The summed E-state index contributed by atoms with van der Waals surface area (Å²) >= 11 is 0. The molecule has 1 aromatic heterocycles. The smallest absolute Gasteiger partial charge is 0.315 e. The molecule has 7 nitrogen and oxygen atoms in total. The molecule has 0 saturated heterocycles. The third kappa shape index (κ3) is 4.44. The van der Waals surface area contributed by atoms with Gasteiger partial charge in [-0.1, -0.05) is 0 Å². The van der Waals surface area contributed by atoms with Crippen LogP contribution in [0.1, 0.15) is 19.5 Å². The van der Waals surface area contributed by atoms with Crippen LogP contribution >= 0.6 is 0 Å². The van der Waals surface area contributed by atoms with Crippen molar-refractivity contribution in [2.45, 2.75) is 26.3 Å². The fourth-order valence-electron chi connectivity index (χ4n) is 1.33. The summed E-state index contributed by atoms with van der Waals surface area (Å²) in [7, 11) is 0. The van der Waals surface area contributed by atoms with E-state index in [1.54, 1.807) is 26.4 Å². The van der Waals surface area contributed by atoms with E-state index in [0.717, 1.165) is 5.69 Å². The predicted molar refractivity (Wildman–Crippen MR) is 65.1 cm³/mol. The lowest BCUT2D eigenvalue weighted by atomic mass is 10.0. The lowest BCUT2D eigenvalue weighted by Gasteiger charge is -2.17. The monoisotopic (exact) mass is 254 g/mol. The maximum atomic E-state index is 11.5. The van der Waals surface area contributed by atoms with Gasteiger partial charge in [-0.2, -0.15) is 0 Å². The molecule has 0 aliphatic heterocycles. The van der Waals surface area contributed by atoms with Gasteiger partial charge in [-0.05, 0) is 13.8 Å². The molecule has 0 aromatic carbocycles. The number of rotatable bonds is 6. The summed E-state index contributed by atoms with van der Waals surface area (Å²) in [6.07, 6.45) is 3.91. The number of carboxylic acid groups (broad SMARTS) is 1. The van der Waals surface area contributed by atoms with E-state index in [2.05, 4.69) is 20.6 Å². The van der Waals surface area contributed by atoms with Crippen molar-refractivity contribution in [3.63, 3.8) is 0 Å². The molecule has 2 atom stereocenters. The highest BCUT2D eigenvalue weighted by Crippen LogP contribution is 2.01. The lowest BCUT2D eigenvalue weighted by molar-refractivity contribution is -0.141. The Labute approximate surface area is 105 Å². The average Bonchev–Trinajstić information content (AvgIpc) is 2.80. The van der Waals surface area contributed by atoms with Crippen LogP contribution < -0.4 is 10.6 Å². The fourth-order valence-corrected chi connectivity index (χ4v) is 1.33. The number of H-pyrrole nitrogens is 1. The van der Waals surface area contributed by atoms with Gasteiger partial charge in [0.2, 0.25) is 0 Å². The zero-order valence-electron chi connectivity index (χ0n) is 10.4. The third-order valence-corrected chi connectivity index (χ3v) is 2.73. The summed E-state index contributed by atoms with van der Waals surface area (Å²) in [5.41, 5.74) is 0.933.